The van der Waals surface area contributed by atoms with Gasteiger partial charge in [-0.05, 0) is 111 Å². The van der Waals surface area contributed by atoms with Gasteiger partial charge in [0, 0.05) is 31.4 Å². The van der Waals surface area contributed by atoms with Crippen LogP contribution in [-0.4, -0.2) is 49.9 Å². The van der Waals surface area contributed by atoms with Gasteiger partial charge in [-0.3, -0.25) is 4.90 Å². The molecule has 220 valence electrons. The number of fused-ring (bicyclic) bond motifs is 1. The number of rotatable bonds is 10. The van der Waals surface area contributed by atoms with Crippen LogP contribution in [-0.2, 0) is 19.4 Å². The molecule has 0 radical (unpaired) electrons. The zero-order valence-corrected chi connectivity index (χ0v) is 24.7. The molecule has 1 atom stereocenters. The molecule has 41 heavy (non-hydrogen) atoms. The molecule has 1 fully saturated rings. The number of anilines is 1. The van der Waals surface area contributed by atoms with E-state index < -0.39 is 0 Å². The lowest BCUT2D eigenvalue weighted by atomic mass is 9.79. The first-order valence-electron chi connectivity index (χ1n) is 15.4. The van der Waals surface area contributed by atoms with Crippen LogP contribution in [0, 0.1) is 5.82 Å². The van der Waals surface area contributed by atoms with Crippen LogP contribution < -0.4 is 14.4 Å². The minimum atomic E-state index is -0.302. The molecule has 3 aromatic carbocycles. The smallest absolute Gasteiger partial charge is 0.165 e. The monoisotopic (exact) mass is 560 g/mol. The van der Waals surface area contributed by atoms with Crippen molar-refractivity contribution >= 4 is 5.69 Å². The van der Waals surface area contributed by atoms with Gasteiger partial charge in [-0.15, -0.1) is 0 Å². The summed E-state index contributed by atoms with van der Waals surface area (Å²) in [6.07, 6.45) is 9.33. The highest BCUT2D eigenvalue weighted by Crippen LogP contribution is 2.40. The van der Waals surface area contributed by atoms with Crippen molar-refractivity contribution in [1.82, 2.24) is 4.90 Å². The highest BCUT2D eigenvalue weighted by Gasteiger charge is 2.25. The number of methoxy groups -OCH3 is 1. The standard InChI is InChI=1S/C35H45FN2O3/c1-3-38(25-26-9-16-35(33(36)21-26)41-20-19-37-17-7-5-4-6-8-18-37)34-24-31(40-2)14-15-32(34)29-11-10-28-23-30(39)13-12-27(28)22-29/h9,12-16,21,23-24,29,39H,3-8,10-11,17-20,22,25H2,1-2H3/t29-/m0/s1. The fraction of sp³-hybridized carbons (Fsp3) is 0.486. The summed E-state index contributed by atoms with van der Waals surface area (Å²) < 4.78 is 26.6. The summed E-state index contributed by atoms with van der Waals surface area (Å²) in [6.45, 7) is 7.10. The van der Waals surface area contributed by atoms with Gasteiger partial charge in [-0.25, -0.2) is 4.39 Å². The normalized spacial score (nSPS) is 17.8. The largest absolute Gasteiger partial charge is 0.508 e. The molecular formula is C35H45FN2O3. The van der Waals surface area contributed by atoms with Crippen molar-refractivity contribution in [2.24, 2.45) is 0 Å². The van der Waals surface area contributed by atoms with Gasteiger partial charge in [0.05, 0.1) is 7.11 Å². The zero-order chi connectivity index (χ0) is 28.6. The van der Waals surface area contributed by atoms with E-state index in [0.29, 0.717) is 30.6 Å². The summed E-state index contributed by atoms with van der Waals surface area (Å²) in [5, 5.41) is 9.91. The number of hydrogen-bond acceptors (Lipinski definition) is 5. The van der Waals surface area contributed by atoms with E-state index in [1.54, 1.807) is 25.3 Å². The fourth-order valence-electron chi connectivity index (χ4n) is 6.45. The Hall–Kier alpha value is -3.25. The molecule has 0 aromatic heterocycles. The van der Waals surface area contributed by atoms with Gasteiger partial charge < -0.3 is 19.5 Å². The van der Waals surface area contributed by atoms with E-state index in [1.807, 2.05) is 18.2 Å². The van der Waals surface area contributed by atoms with E-state index in [0.717, 1.165) is 62.4 Å². The van der Waals surface area contributed by atoms with Gasteiger partial charge in [-0.1, -0.05) is 37.5 Å². The van der Waals surface area contributed by atoms with E-state index in [2.05, 4.69) is 34.9 Å². The summed E-state index contributed by atoms with van der Waals surface area (Å²) in [7, 11) is 1.70. The van der Waals surface area contributed by atoms with Crippen LogP contribution in [0.5, 0.6) is 17.2 Å². The predicted molar refractivity (Wildman–Crippen MR) is 164 cm³/mol. The summed E-state index contributed by atoms with van der Waals surface area (Å²) in [5.41, 5.74) is 5.87. The average molecular weight is 561 g/mol. The summed E-state index contributed by atoms with van der Waals surface area (Å²) in [4.78, 5) is 4.76. The van der Waals surface area contributed by atoms with E-state index >= 15 is 4.39 Å². The first-order valence-corrected chi connectivity index (χ1v) is 15.4. The number of aryl methyl sites for hydroxylation is 1. The van der Waals surface area contributed by atoms with E-state index in [9.17, 15) is 5.11 Å². The van der Waals surface area contributed by atoms with Crippen molar-refractivity contribution < 1.29 is 19.0 Å². The third kappa shape index (κ3) is 7.53. The van der Waals surface area contributed by atoms with Gasteiger partial charge in [0.25, 0.3) is 0 Å². The second-order valence-corrected chi connectivity index (χ2v) is 11.6. The molecule has 2 aliphatic rings. The fourth-order valence-corrected chi connectivity index (χ4v) is 6.45. The van der Waals surface area contributed by atoms with Crippen LogP contribution in [0.15, 0.2) is 54.6 Å². The third-order valence-corrected chi connectivity index (χ3v) is 8.80. The Kier molecular flexibility index (Phi) is 10.0. The molecule has 1 heterocycles. The van der Waals surface area contributed by atoms with Gasteiger partial charge in [-0.2, -0.15) is 0 Å². The topological polar surface area (TPSA) is 45.2 Å². The van der Waals surface area contributed by atoms with Crippen LogP contribution in [0.25, 0.3) is 0 Å². The SMILES string of the molecule is CCN(Cc1ccc(OCCN2CCCCCCC2)c(F)c1)c1cc(OC)ccc1[C@H]1CCc2cc(O)ccc2C1. The predicted octanol–water partition coefficient (Wildman–Crippen LogP) is 7.48. The molecule has 5 nitrogen and oxygen atoms in total. The Labute approximate surface area is 244 Å². The maximum Gasteiger partial charge on any atom is 0.165 e. The molecular weight excluding hydrogens is 515 g/mol. The maximum absolute atomic E-state index is 15.2. The van der Waals surface area contributed by atoms with Gasteiger partial charge >= 0.3 is 0 Å². The number of phenols is 1. The lowest BCUT2D eigenvalue weighted by Crippen LogP contribution is -2.31. The first-order chi connectivity index (χ1) is 20.0. The number of ether oxygens (including phenoxy) is 2. The van der Waals surface area contributed by atoms with Crippen molar-refractivity contribution in [3.63, 3.8) is 0 Å². The second-order valence-electron chi connectivity index (χ2n) is 11.6. The molecule has 0 spiro atoms. The summed E-state index contributed by atoms with van der Waals surface area (Å²) >= 11 is 0. The van der Waals surface area contributed by atoms with Crippen molar-refractivity contribution in [3.8, 4) is 17.2 Å². The number of aromatic hydroxyl groups is 1. The molecule has 3 aromatic rings. The Morgan fingerprint density at radius 1 is 0.951 bits per heavy atom. The molecule has 1 saturated heterocycles. The minimum absolute atomic E-state index is 0.302. The molecule has 0 bridgehead atoms. The molecule has 0 amide bonds. The van der Waals surface area contributed by atoms with E-state index in [-0.39, 0.29) is 5.82 Å². The minimum Gasteiger partial charge on any atom is -0.508 e. The highest BCUT2D eigenvalue weighted by molar-refractivity contribution is 5.60. The lowest BCUT2D eigenvalue weighted by Gasteiger charge is -2.32. The van der Waals surface area contributed by atoms with Crippen molar-refractivity contribution in [1.29, 1.82) is 0 Å². The van der Waals surface area contributed by atoms with Gasteiger partial charge in [0.2, 0.25) is 0 Å². The number of nitrogens with zero attached hydrogens (tertiary/aromatic N) is 2. The highest BCUT2D eigenvalue weighted by atomic mass is 19.1. The van der Waals surface area contributed by atoms with Crippen molar-refractivity contribution in [3.05, 3.63) is 82.7 Å². The number of benzene rings is 3. The Morgan fingerprint density at radius 3 is 2.51 bits per heavy atom. The van der Waals surface area contributed by atoms with Crippen LogP contribution in [0.2, 0.25) is 0 Å². The Balaban J connectivity index is 1.27. The second kappa shape index (κ2) is 14.1. The molecule has 1 N–H and O–H groups in total. The quantitative estimate of drug-likeness (QED) is 0.278. The first kappa shape index (κ1) is 29.2. The lowest BCUT2D eigenvalue weighted by molar-refractivity contribution is 0.192. The van der Waals surface area contributed by atoms with Gasteiger partial charge in [0.1, 0.15) is 18.1 Å². The van der Waals surface area contributed by atoms with Crippen LogP contribution >= 0.6 is 0 Å². The zero-order valence-electron chi connectivity index (χ0n) is 24.7. The molecule has 1 aliphatic heterocycles. The molecule has 1 aliphatic carbocycles. The molecule has 6 heteroatoms. The number of likely N-dealkylation sites (tertiary alicyclic amines) is 1. The third-order valence-electron chi connectivity index (χ3n) is 8.80. The van der Waals surface area contributed by atoms with Gasteiger partial charge in [0.15, 0.2) is 11.6 Å². The van der Waals surface area contributed by atoms with Crippen molar-refractivity contribution in [2.75, 3.05) is 44.8 Å². The summed E-state index contributed by atoms with van der Waals surface area (Å²) in [6, 6.07) is 17.5. The number of hydrogen-bond donors (Lipinski definition) is 1. The van der Waals surface area contributed by atoms with Crippen LogP contribution in [0.1, 0.15) is 73.6 Å². The van der Waals surface area contributed by atoms with E-state index in [4.69, 9.17) is 9.47 Å². The number of phenolic OH excluding ortho intramolecular Hbond substituents is 1. The van der Waals surface area contributed by atoms with E-state index in [1.165, 1.54) is 48.8 Å². The molecule has 5 rings (SSSR count). The van der Waals surface area contributed by atoms with Crippen LogP contribution in [0.4, 0.5) is 10.1 Å². The van der Waals surface area contributed by atoms with Crippen LogP contribution in [0.3, 0.4) is 0 Å². The Morgan fingerprint density at radius 2 is 1.76 bits per heavy atom. The number of halogens is 1. The molecule has 0 saturated carbocycles. The van der Waals surface area contributed by atoms with Crippen molar-refractivity contribution in [2.45, 2.75) is 70.8 Å². The average Bonchev–Trinajstić information content (AvgIpc) is 2.97. The molecule has 0 unspecified atom stereocenters. The Bertz CT molecular complexity index is 1290. The summed E-state index contributed by atoms with van der Waals surface area (Å²) in [5.74, 6) is 1.55. The maximum atomic E-state index is 15.2.